The van der Waals surface area contributed by atoms with Crippen LogP contribution in [0.25, 0.3) is 0 Å². The maximum atomic E-state index is 13.0. The molecule has 1 saturated heterocycles. The second-order valence-corrected chi connectivity index (χ2v) is 9.07. The Kier molecular flexibility index (Phi) is 8.46. The number of anilines is 1. The summed E-state index contributed by atoms with van der Waals surface area (Å²) in [6.07, 6.45) is 6.68. The van der Waals surface area contributed by atoms with E-state index in [0.717, 1.165) is 32.2 Å². The molecule has 1 aromatic carbocycles. The van der Waals surface area contributed by atoms with Crippen molar-refractivity contribution in [1.29, 1.82) is 0 Å². The molecular formula is C24H36N4O3. The number of benzene rings is 1. The molecule has 0 unspecified atom stereocenters. The Morgan fingerprint density at radius 1 is 0.968 bits per heavy atom. The zero-order chi connectivity index (χ0) is 22.2. The van der Waals surface area contributed by atoms with Gasteiger partial charge in [0.15, 0.2) is 0 Å². The van der Waals surface area contributed by atoms with Crippen LogP contribution >= 0.6 is 0 Å². The van der Waals surface area contributed by atoms with Crippen LogP contribution in [0.4, 0.5) is 5.69 Å². The van der Waals surface area contributed by atoms with Crippen molar-refractivity contribution in [3.8, 4) is 0 Å². The number of carbonyl (C=O) groups is 3. The topological polar surface area (TPSA) is 81.8 Å². The van der Waals surface area contributed by atoms with Gasteiger partial charge in [-0.15, -0.1) is 0 Å². The molecule has 1 saturated carbocycles. The van der Waals surface area contributed by atoms with Crippen LogP contribution in [0.1, 0.15) is 55.3 Å². The van der Waals surface area contributed by atoms with Gasteiger partial charge in [-0.05, 0) is 58.0 Å². The van der Waals surface area contributed by atoms with Gasteiger partial charge in [-0.1, -0.05) is 25.3 Å². The van der Waals surface area contributed by atoms with Crippen molar-refractivity contribution in [2.75, 3.05) is 45.6 Å². The lowest BCUT2D eigenvalue weighted by molar-refractivity contribution is -0.126. The van der Waals surface area contributed by atoms with Gasteiger partial charge in [-0.2, -0.15) is 0 Å². The van der Waals surface area contributed by atoms with Crippen LogP contribution in [0.5, 0.6) is 0 Å². The number of likely N-dealkylation sites (tertiary alicyclic amines) is 1. The number of nitrogens with one attached hydrogen (secondary N) is 2. The number of piperidine rings is 1. The lowest BCUT2D eigenvalue weighted by Gasteiger charge is -2.31. The fourth-order valence-electron chi connectivity index (χ4n) is 4.41. The highest BCUT2D eigenvalue weighted by Gasteiger charge is 2.28. The van der Waals surface area contributed by atoms with E-state index in [-0.39, 0.29) is 29.6 Å². The minimum absolute atomic E-state index is 0.0349. The van der Waals surface area contributed by atoms with Crippen molar-refractivity contribution in [2.45, 2.75) is 44.9 Å². The Morgan fingerprint density at radius 3 is 2.32 bits per heavy atom. The summed E-state index contributed by atoms with van der Waals surface area (Å²) in [5, 5.41) is 5.98. The molecule has 2 fully saturated rings. The summed E-state index contributed by atoms with van der Waals surface area (Å²) >= 11 is 0. The van der Waals surface area contributed by atoms with Gasteiger partial charge >= 0.3 is 0 Å². The predicted octanol–water partition coefficient (Wildman–Crippen LogP) is 2.74. The Balaban J connectivity index is 1.50. The molecule has 1 aromatic rings. The van der Waals surface area contributed by atoms with Crippen LogP contribution in [-0.2, 0) is 9.59 Å². The van der Waals surface area contributed by atoms with Crippen molar-refractivity contribution >= 4 is 23.4 Å². The summed E-state index contributed by atoms with van der Waals surface area (Å²) in [6, 6.07) is 7.21. The molecule has 0 bridgehead atoms. The maximum absolute atomic E-state index is 13.0. The first-order chi connectivity index (χ1) is 14.9. The van der Waals surface area contributed by atoms with E-state index in [0.29, 0.717) is 43.7 Å². The third kappa shape index (κ3) is 6.79. The summed E-state index contributed by atoms with van der Waals surface area (Å²) in [5.41, 5.74) is 1.26. The van der Waals surface area contributed by atoms with Crippen LogP contribution in [-0.4, -0.2) is 67.8 Å². The van der Waals surface area contributed by atoms with Crippen molar-refractivity contribution in [3.05, 3.63) is 29.8 Å². The first-order valence-corrected chi connectivity index (χ1v) is 11.6. The predicted molar refractivity (Wildman–Crippen MR) is 122 cm³/mol. The van der Waals surface area contributed by atoms with Crippen LogP contribution in [0, 0.1) is 11.8 Å². The second-order valence-electron chi connectivity index (χ2n) is 9.07. The molecule has 1 heterocycles. The highest BCUT2D eigenvalue weighted by Crippen LogP contribution is 2.25. The van der Waals surface area contributed by atoms with Crippen molar-refractivity contribution in [1.82, 2.24) is 15.1 Å². The molecule has 0 atom stereocenters. The molecule has 0 radical (unpaired) electrons. The molecule has 3 amide bonds. The van der Waals surface area contributed by atoms with Crippen LogP contribution < -0.4 is 10.6 Å². The first kappa shape index (κ1) is 23.3. The summed E-state index contributed by atoms with van der Waals surface area (Å²) in [7, 11) is 3.96. The summed E-state index contributed by atoms with van der Waals surface area (Å²) in [5.74, 6) is 0.148. The lowest BCUT2D eigenvalue weighted by atomic mass is 9.88. The molecular weight excluding hydrogens is 392 g/mol. The van der Waals surface area contributed by atoms with E-state index in [1.54, 1.807) is 12.1 Å². The van der Waals surface area contributed by atoms with Crippen LogP contribution in [0.3, 0.4) is 0 Å². The Morgan fingerprint density at radius 2 is 1.65 bits per heavy atom. The zero-order valence-corrected chi connectivity index (χ0v) is 18.9. The smallest absolute Gasteiger partial charge is 0.253 e. The molecule has 3 rings (SSSR count). The second kappa shape index (κ2) is 11.3. The average Bonchev–Trinajstić information content (AvgIpc) is 2.79. The van der Waals surface area contributed by atoms with E-state index in [4.69, 9.17) is 0 Å². The normalized spacial score (nSPS) is 18.1. The molecule has 2 N–H and O–H groups in total. The highest BCUT2D eigenvalue weighted by atomic mass is 16.2. The Bertz CT molecular complexity index is 766. The minimum atomic E-state index is -0.0415. The third-order valence-corrected chi connectivity index (χ3v) is 6.36. The number of amides is 3. The quantitative estimate of drug-likeness (QED) is 0.700. The van der Waals surface area contributed by atoms with E-state index in [1.807, 2.05) is 36.0 Å². The number of hydrogen-bond acceptors (Lipinski definition) is 4. The average molecular weight is 429 g/mol. The molecule has 31 heavy (non-hydrogen) atoms. The van der Waals surface area contributed by atoms with Gasteiger partial charge < -0.3 is 20.4 Å². The number of likely N-dealkylation sites (N-methyl/N-ethyl adjacent to an activating group) is 1. The van der Waals surface area contributed by atoms with Crippen LogP contribution in [0.15, 0.2) is 24.3 Å². The number of carbonyl (C=O) groups excluding carboxylic acids is 3. The number of hydrogen-bond donors (Lipinski definition) is 2. The van der Waals surface area contributed by atoms with Gasteiger partial charge in [0.25, 0.3) is 5.91 Å². The molecule has 1 aliphatic heterocycles. The largest absolute Gasteiger partial charge is 0.355 e. The fourth-order valence-corrected chi connectivity index (χ4v) is 4.41. The van der Waals surface area contributed by atoms with Gasteiger partial charge in [-0.3, -0.25) is 14.4 Å². The number of nitrogens with zero attached hydrogens (tertiary/aromatic N) is 2. The summed E-state index contributed by atoms with van der Waals surface area (Å²) in [6.45, 7) is 2.60. The fraction of sp³-hybridized carbons (Fsp3) is 0.625. The van der Waals surface area contributed by atoms with E-state index in [1.165, 1.54) is 6.42 Å². The van der Waals surface area contributed by atoms with Gasteiger partial charge in [0.05, 0.1) is 0 Å². The van der Waals surface area contributed by atoms with Gasteiger partial charge in [0.2, 0.25) is 11.8 Å². The summed E-state index contributed by atoms with van der Waals surface area (Å²) < 4.78 is 0. The molecule has 2 aliphatic rings. The minimum Gasteiger partial charge on any atom is -0.355 e. The lowest BCUT2D eigenvalue weighted by Crippen LogP contribution is -2.44. The molecule has 1 aliphatic carbocycles. The summed E-state index contributed by atoms with van der Waals surface area (Å²) in [4.78, 5) is 41.7. The third-order valence-electron chi connectivity index (χ3n) is 6.36. The standard InChI is InChI=1S/C24H36N4O3/c1-27(2)16-13-25-22(29)19-11-14-28(15-12-19)24(31)20-9-6-10-21(17-20)26-23(30)18-7-4-3-5-8-18/h6,9-10,17-19H,3-5,7-8,11-16H2,1-2H3,(H,25,29)(H,26,30). The molecule has 0 aromatic heterocycles. The molecule has 170 valence electrons. The SMILES string of the molecule is CN(C)CCNC(=O)C1CCN(C(=O)c2cccc(NC(=O)C3CCCCC3)c2)CC1. The Hall–Kier alpha value is -2.41. The molecule has 0 spiro atoms. The van der Waals surface area contributed by atoms with E-state index in [9.17, 15) is 14.4 Å². The van der Waals surface area contributed by atoms with E-state index >= 15 is 0 Å². The highest BCUT2D eigenvalue weighted by molar-refractivity contribution is 5.97. The first-order valence-electron chi connectivity index (χ1n) is 11.6. The van der Waals surface area contributed by atoms with Gasteiger partial charge in [0, 0.05) is 49.3 Å². The van der Waals surface area contributed by atoms with Gasteiger partial charge in [0.1, 0.15) is 0 Å². The monoisotopic (exact) mass is 428 g/mol. The molecule has 7 nitrogen and oxygen atoms in total. The molecule has 7 heteroatoms. The van der Waals surface area contributed by atoms with Crippen LogP contribution in [0.2, 0.25) is 0 Å². The van der Waals surface area contributed by atoms with Crippen molar-refractivity contribution in [2.24, 2.45) is 11.8 Å². The van der Waals surface area contributed by atoms with Crippen molar-refractivity contribution < 1.29 is 14.4 Å². The maximum Gasteiger partial charge on any atom is 0.253 e. The van der Waals surface area contributed by atoms with Gasteiger partial charge in [-0.25, -0.2) is 0 Å². The van der Waals surface area contributed by atoms with E-state index < -0.39 is 0 Å². The zero-order valence-electron chi connectivity index (χ0n) is 18.9. The van der Waals surface area contributed by atoms with Crippen molar-refractivity contribution in [3.63, 3.8) is 0 Å². The Labute approximate surface area is 185 Å². The van der Waals surface area contributed by atoms with E-state index in [2.05, 4.69) is 10.6 Å². The number of rotatable bonds is 7.